The molecule has 0 N–H and O–H groups in total. The summed E-state index contributed by atoms with van der Waals surface area (Å²) in [5.41, 5.74) is -0.180. The van der Waals surface area contributed by atoms with Crippen molar-refractivity contribution in [2.75, 3.05) is 12.9 Å². The molecule has 0 unspecified atom stereocenters. The fourth-order valence-corrected chi connectivity index (χ4v) is 1.50. The van der Waals surface area contributed by atoms with Crippen LogP contribution in [-0.4, -0.2) is 29.4 Å². The zero-order valence-electron chi connectivity index (χ0n) is 7.96. The topological polar surface area (TPSA) is 29.5 Å². The molecule has 0 aliphatic carbocycles. The first kappa shape index (κ1) is 12.2. The average molecular weight is 181 g/mol. The van der Waals surface area contributed by atoms with Crippen molar-refractivity contribution in [2.45, 2.75) is 19.4 Å². The van der Waals surface area contributed by atoms with E-state index in [-0.39, 0.29) is 30.5 Å². The smallest absolute Gasteiger partial charge is 0.449 e. The number of amides is 1. The van der Waals surface area contributed by atoms with Gasteiger partial charge in [0.2, 0.25) is 0 Å². The molecule has 1 fully saturated rings. The summed E-state index contributed by atoms with van der Waals surface area (Å²) in [4.78, 5) is 12.7. The number of hydrogen-bond donors (Lipinski definition) is 0. The Morgan fingerprint density at radius 2 is 2.25 bits per heavy atom. The predicted molar refractivity (Wildman–Crippen MR) is 45.1 cm³/mol. The molecule has 1 aliphatic rings. The molecule has 1 amide bonds. The van der Waals surface area contributed by atoms with Crippen molar-refractivity contribution in [1.82, 2.24) is 4.90 Å². The van der Waals surface area contributed by atoms with E-state index in [1.165, 1.54) is 11.8 Å². The number of cyclic esters (lactones) is 1. The Kier molecular flexibility index (Phi) is 4.53. The second-order valence-corrected chi connectivity index (χ2v) is 3.76. The molecule has 64 valence electrons. The first-order valence-electron chi connectivity index (χ1n) is 3.40. The molecule has 1 heterocycles. The molecule has 0 saturated carbocycles. The summed E-state index contributed by atoms with van der Waals surface area (Å²) in [6.07, 6.45) is 1.67. The molecule has 0 aromatic carbocycles. The molecule has 1 aliphatic heterocycles. The molecule has 0 aromatic heterocycles. The van der Waals surface area contributed by atoms with Crippen LogP contribution in [0, 0.1) is 5.88 Å². The molecule has 0 radical (unpaired) electrons. The Hall–Kier alpha value is 0.217. The van der Waals surface area contributed by atoms with Gasteiger partial charge in [-0.25, -0.2) is 4.79 Å². The van der Waals surface area contributed by atoms with E-state index in [9.17, 15) is 4.79 Å². The number of hydrogen-bond acceptors (Lipinski definition) is 3. The maximum absolute atomic E-state index is 11.0. The van der Waals surface area contributed by atoms with Crippen molar-refractivity contribution in [3.05, 3.63) is 5.88 Å². The minimum absolute atomic E-state index is 0. The minimum atomic E-state index is -0.246. The number of rotatable bonds is 2. The fourth-order valence-electron chi connectivity index (χ4n) is 0.916. The number of ether oxygens (including phenoxy) is 1. The van der Waals surface area contributed by atoms with Crippen LogP contribution in [0.3, 0.4) is 0 Å². The normalized spacial score (nSPS) is 20.2. The maximum atomic E-state index is 11.0. The number of carbonyl (C=O) groups is 1. The number of thioether (sulfide) groups is 1. The summed E-state index contributed by atoms with van der Waals surface area (Å²) in [6.45, 7) is 4.43. The van der Waals surface area contributed by atoms with Crippen molar-refractivity contribution in [1.29, 1.82) is 0 Å². The van der Waals surface area contributed by atoms with Gasteiger partial charge in [-0.3, -0.25) is 0 Å². The third-order valence-corrected chi connectivity index (χ3v) is 2.03. The third-order valence-electron chi connectivity index (χ3n) is 1.61. The third kappa shape index (κ3) is 2.35. The first-order chi connectivity index (χ1) is 5.08. The van der Waals surface area contributed by atoms with E-state index in [1.807, 2.05) is 20.1 Å². The standard InChI is InChI=1S/C7H12NO2S.Li/c1-7(2)4-10-6(9)8(7)5-11-3;/h5H,4H2,1-3H3;/q-1;+1. The van der Waals surface area contributed by atoms with Crippen molar-refractivity contribution < 1.29 is 28.4 Å². The number of nitrogens with zero attached hydrogens (tertiary/aromatic N) is 1. The Morgan fingerprint density at radius 1 is 1.67 bits per heavy atom. The van der Waals surface area contributed by atoms with Gasteiger partial charge in [0, 0.05) is 5.54 Å². The summed E-state index contributed by atoms with van der Waals surface area (Å²) >= 11 is 1.51. The van der Waals surface area contributed by atoms with Gasteiger partial charge >= 0.3 is 25.0 Å². The van der Waals surface area contributed by atoms with Gasteiger partial charge in [0.25, 0.3) is 0 Å². The van der Waals surface area contributed by atoms with Crippen LogP contribution in [0.1, 0.15) is 13.8 Å². The SMILES string of the molecule is CS[CH-]N1C(=O)OCC1(C)C.[Li+]. The van der Waals surface area contributed by atoms with E-state index in [0.717, 1.165) is 0 Å². The monoisotopic (exact) mass is 181 g/mol. The summed E-state index contributed by atoms with van der Waals surface area (Å²) in [5, 5.41) is 0. The van der Waals surface area contributed by atoms with Gasteiger partial charge in [-0.1, -0.05) is 0 Å². The van der Waals surface area contributed by atoms with Gasteiger partial charge in [0.1, 0.15) is 6.61 Å². The molecule has 1 saturated heterocycles. The molecular weight excluding hydrogens is 169 g/mol. The molecule has 1 rings (SSSR count). The van der Waals surface area contributed by atoms with Crippen LogP contribution in [-0.2, 0) is 4.74 Å². The second kappa shape index (κ2) is 4.45. The van der Waals surface area contributed by atoms with Crippen LogP contribution in [0.25, 0.3) is 0 Å². The zero-order valence-corrected chi connectivity index (χ0v) is 8.77. The second-order valence-electron chi connectivity index (χ2n) is 3.08. The predicted octanol–water partition coefficient (Wildman–Crippen LogP) is -1.30. The molecule has 0 aromatic rings. The van der Waals surface area contributed by atoms with Gasteiger partial charge in [-0.15, -0.1) is 0 Å². The largest absolute Gasteiger partial charge is 1.00 e. The summed E-state index contributed by atoms with van der Waals surface area (Å²) < 4.78 is 4.88. The van der Waals surface area contributed by atoms with Gasteiger partial charge in [0.15, 0.2) is 0 Å². The minimum Gasteiger partial charge on any atom is -0.449 e. The molecule has 0 atom stereocenters. The van der Waals surface area contributed by atoms with Crippen molar-refractivity contribution in [3.63, 3.8) is 0 Å². The Bertz CT molecular complexity index is 175. The zero-order chi connectivity index (χ0) is 8.48. The van der Waals surface area contributed by atoms with Crippen LogP contribution in [0.2, 0.25) is 0 Å². The van der Waals surface area contributed by atoms with E-state index >= 15 is 0 Å². The molecule has 12 heavy (non-hydrogen) atoms. The van der Waals surface area contributed by atoms with Crippen LogP contribution < -0.4 is 18.9 Å². The fraction of sp³-hybridized carbons (Fsp3) is 0.714. The molecule has 0 spiro atoms. The van der Waals surface area contributed by atoms with Crippen molar-refractivity contribution >= 4 is 17.9 Å². The average Bonchev–Trinajstić information content (AvgIpc) is 2.16. The summed E-state index contributed by atoms with van der Waals surface area (Å²) in [5.74, 6) is 1.79. The van der Waals surface area contributed by atoms with Crippen molar-refractivity contribution in [2.24, 2.45) is 0 Å². The molecule has 3 nitrogen and oxygen atoms in total. The van der Waals surface area contributed by atoms with E-state index < -0.39 is 0 Å². The first-order valence-corrected chi connectivity index (χ1v) is 4.69. The summed E-state index contributed by atoms with van der Waals surface area (Å²) in [7, 11) is 0. The van der Waals surface area contributed by atoms with Crippen LogP contribution >= 0.6 is 11.8 Å². The van der Waals surface area contributed by atoms with Gasteiger partial charge < -0.3 is 21.4 Å². The van der Waals surface area contributed by atoms with Crippen molar-refractivity contribution in [3.8, 4) is 0 Å². The molecule has 5 heteroatoms. The summed E-state index contributed by atoms with van der Waals surface area (Å²) in [6, 6.07) is 0. The van der Waals surface area contributed by atoms with E-state index in [1.54, 1.807) is 10.8 Å². The maximum Gasteiger partial charge on any atom is 1.00 e. The quantitative estimate of drug-likeness (QED) is 0.392. The Labute approximate surface area is 89.4 Å². The van der Waals surface area contributed by atoms with E-state index in [0.29, 0.717) is 6.61 Å². The van der Waals surface area contributed by atoms with E-state index in [4.69, 9.17) is 4.74 Å². The Balaban J connectivity index is 0.00000121. The van der Waals surface area contributed by atoms with Crippen LogP contribution in [0.15, 0.2) is 0 Å². The van der Waals surface area contributed by atoms with E-state index in [2.05, 4.69) is 0 Å². The van der Waals surface area contributed by atoms with Gasteiger partial charge in [-0.05, 0) is 20.1 Å². The van der Waals surface area contributed by atoms with Gasteiger partial charge in [0.05, 0.1) is 0 Å². The molecule has 0 bridgehead atoms. The Morgan fingerprint density at radius 3 is 2.58 bits per heavy atom. The molecular formula is C7H12LiNO2S. The number of carbonyl (C=O) groups excluding carboxylic acids is 1. The van der Waals surface area contributed by atoms with Crippen LogP contribution in [0.4, 0.5) is 4.79 Å². The van der Waals surface area contributed by atoms with Crippen LogP contribution in [0.5, 0.6) is 0 Å². The van der Waals surface area contributed by atoms with Gasteiger partial charge in [-0.2, -0.15) is 5.88 Å².